The van der Waals surface area contributed by atoms with E-state index in [4.69, 9.17) is 0 Å². The van der Waals surface area contributed by atoms with Crippen LogP contribution in [0.4, 0.5) is 8.78 Å². The van der Waals surface area contributed by atoms with Crippen LogP contribution in [0.1, 0.15) is 32.6 Å². The predicted molar refractivity (Wildman–Crippen MR) is 54.7 cm³/mol. The van der Waals surface area contributed by atoms with Gasteiger partial charge in [-0.25, -0.2) is 0 Å². The Morgan fingerprint density at radius 1 is 1.29 bits per heavy atom. The molecule has 2 nitrogen and oxygen atoms in total. The molecule has 14 heavy (non-hydrogen) atoms. The van der Waals surface area contributed by atoms with Crippen molar-refractivity contribution in [1.82, 2.24) is 5.32 Å². The Labute approximate surface area is 88.8 Å². The zero-order chi connectivity index (χ0) is 10.6. The van der Waals surface area contributed by atoms with Crippen LogP contribution < -0.4 is 5.32 Å². The maximum Gasteiger partial charge on any atom is 0.345 e. The normalized spacial score (nSPS) is 30.6. The van der Waals surface area contributed by atoms with Crippen LogP contribution in [0.25, 0.3) is 0 Å². The number of rotatable bonds is 4. The number of ether oxygens (including phenoxy) is 1. The smallest absolute Gasteiger partial charge is 0.320 e. The number of alkyl halides is 2. The van der Waals surface area contributed by atoms with E-state index in [2.05, 4.69) is 22.7 Å². The van der Waals surface area contributed by atoms with Gasteiger partial charge in [-0.15, -0.1) is 0 Å². The SMILES string of the molecule is CC(S)N[C@H]1CC[C@H](OC(F)F)CC1. The van der Waals surface area contributed by atoms with Gasteiger partial charge < -0.3 is 10.1 Å². The number of halogens is 2. The summed E-state index contributed by atoms with van der Waals surface area (Å²) in [5, 5.41) is 3.44. The first-order valence-corrected chi connectivity index (χ1v) is 5.47. The van der Waals surface area contributed by atoms with Crippen LogP contribution in [0.3, 0.4) is 0 Å². The summed E-state index contributed by atoms with van der Waals surface area (Å²) in [5.41, 5.74) is 0. The molecule has 1 fully saturated rings. The van der Waals surface area contributed by atoms with E-state index in [1.807, 2.05) is 6.92 Å². The van der Waals surface area contributed by atoms with E-state index < -0.39 is 6.61 Å². The third kappa shape index (κ3) is 4.57. The van der Waals surface area contributed by atoms with Crippen LogP contribution in [-0.2, 0) is 4.74 Å². The summed E-state index contributed by atoms with van der Waals surface area (Å²) in [6.45, 7) is -0.668. The van der Waals surface area contributed by atoms with Crippen molar-refractivity contribution in [3.05, 3.63) is 0 Å². The molecule has 0 saturated heterocycles. The molecule has 0 aromatic heterocycles. The standard InChI is InChI=1S/C9H17F2NOS/c1-6(14)12-7-2-4-8(5-3-7)13-9(10)11/h6-9,12,14H,2-5H2,1H3/t6?,7-,8-. The summed E-state index contributed by atoms with van der Waals surface area (Å²) >= 11 is 4.22. The number of hydrogen-bond donors (Lipinski definition) is 2. The Morgan fingerprint density at radius 2 is 1.86 bits per heavy atom. The van der Waals surface area contributed by atoms with Gasteiger partial charge in [0.15, 0.2) is 0 Å². The number of hydrogen-bond acceptors (Lipinski definition) is 3. The molecule has 1 unspecified atom stereocenters. The van der Waals surface area contributed by atoms with Crippen molar-refractivity contribution in [2.24, 2.45) is 0 Å². The van der Waals surface area contributed by atoms with Crippen LogP contribution in [0.5, 0.6) is 0 Å². The second kappa shape index (κ2) is 5.88. The Kier molecular flexibility index (Phi) is 5.12. The van der Waals surface area contributed by atoms with Crippen molar-refractivity contribution < 1.29 is 13.5 Å². The van der Waals surface area contributed by atoms with Crippen molar-refractivity contribution in [2.75, 3.05) is 0 Å². The monoisotopic (exact) mass is 225 g/mol. The lowest BCUT2D eigenvalue weighted by atomic mass is 9.93. The highest BCUT2D eigenvalue weighted by Crippen LogP contribution is 2.23. The molecule has 0 heterocycles. The topological polar surface area (TPSA) is 21.3 Å². The zero-order valence-corrected chi connectivity index (χ0v) is 9.14. The van der Waals surface area contributed by atoms with Crippen LogP contribution in [0, 0.1) is 0 Å². The summed E-state index contributed by atoms with van der Waals surface area (Å²) in [4.78, 5) is 0. The molecule has 1 rings (SSSR count). The van der Waals surface area contributed by atoms with E-state index in [1.165, 1.54) is 0 Å². The molecule has 1 atom stereocenters. The first-order chi connectivity index (χ1) is 6.58. The van der Waals surface area contributed by atoms with Crippen molar-refractivity contribution in [3.63, 3.8) is 0 Å². The van der Waals surface area contributed by atoms with E-state index in [1.54, 1.807) is 0 Å². The molecule has 5 heteroatoms. The first kappa shape index (κ1) is 12.2. The average Bonchev–Trinajstić information content (AvgIpc) is 2.06. The molecule has 0 amide bonds. The Morgan fingerprint density at radius 3 is 2.29 bits per heavy atom. The van der Waals surface area contributed by atoms with Gasteiger partial charge in [-0.3, -0.25) is 0 Å². The molecular weight excluding hydrogens is 208 g/mol. The van der Waals surface area contributed by atoms with Crippen molar-refractivity contribution in [2.45, 2.75) is 56.7 Å². The molecule has 84 valence electrons. The Bertz CT molecular complexity index is 143. The molecule has 0 aromatic carbocycles. The fraction of sp³-hybridized carbons (Fsp3) is 1.00. The van der Waals surface area contributed by atoms with Gasteiger partial charge in [0, 0.05) is 11.4 Å². The van der Waals surface area contributed by atoms with Gasteiger partial charge in [-0.05, 0) is 32.6 Å². The van der Waals surface area contributed by atoms with Crippen molar-refractivity contribution in [1.29, 1.82) is 0 Å². The number of thiol groups is 1. The molecule has 0 radical (unpaired) electrons. The second-order valence-corrected chi connectivity index (χ2v) is 4.49. The Balaban J connectivity index is 2.17. The highest BCUT2D eigenvalue weighted by atomic mass is 32.1. The van der Waals surface area contributed by atoms with Crippen molar-refractivity contribution >= 4 is 12.6 Å². The van der Waals surface area contributed by atoms with E-state index >= 15 is 0 Å². The van der Waals surface area contributed by atoms with Crippen LogP contribution >= 0.6 is 12.6 Å². The maximum absolute atomic E-state index is 11.9. The van der Waals surface area contributed by atoms with Gasteiger partial charge in [0.25, 0.3) is 0 Å². The fourth-order valence-corrected chi connectivity index (χ4v) is 2.06. The van der Waals surface area contributed by atoms with Crippen LogP contribution in [0.15, 0.2) is 0 Å². The summed E-state index contributed by atoms with van der Waals surface area (Å²) < 4.78 is 28.2. The maximum atomic E-state index is 11.9. The van der Waals surface area contributed by atoms with E-state index in [9.17, 15) is 8.78 Å². The quantitative estimate of drug-likeness (QED) is 0.566. The lowest BCUT2D eigenvalue weighted by Crippen LogP contribution is -2.38. The van der Waals surface area contributed by atoms with Crippen LogP contribution in [0.2, 0.25) is 0 Å². The summed E-state index contributed by atoms with van der Waals surface area (Å²) in [6, 6.07) is 0.403. The predicted octanol–water partition coefficient (Wildman–Crippen LogP) is 2.40. The minimum Gasteiger partial charge on any atom is -0.320 e. The third-order valence-electron chi connectivity index (χ3n) is 2.45. The third-order valence-corrected chi connectivity index (χ3v) is 2.60. The van der Waals surface area contributed by atoms with Gasteiger partial charge in [0.2, 0.25) is 0 Å². The molecule has 1 saturated carbocycles. The largest absolute Gasteiger partial charge is 0.345 e. The summed E-state index contributed by atoms with van der Waals surface area (Å²) in [7, 11) is 0. The molecule has 0 aromatic rings. The molecule has 1 aliphatic rings. The van der Waals surface area contributed by atoms with Gasteiger partial charge in [0.05, 0.1) is 6.10 Å². The molecular formula is C9H17F2NOS. The van der Waals surface area contributed by atoms with Gasteiger partial charge in [-0.2, -0.15) is 21.4 Å². The van der Waals surface area contributed by atoms with E-state index in [-0.39, 0.29) is 11.5 Å². The van der Waals surface area contributed by atoms with E-state index in [0.29, 0.717) is 18.9 Å². The lowest BCUT2D eigenvalue weighted by molar-refractivity contribution is -0.170. The van der Waals surface area contributed by atoms with E-state index in [0.717, 1.165) is 12.8 Å². The molecule has 1 N–H and O–H groups in total. The molecule has 0 bridgehead atoms. The number of nitrogens with one attached hydrogen (secondary N) is 1. The Hall–Kier alpha value is 0.130. The summed E-state index contributed by atoms with van der Waals surface area (Å²) in [5.74, 6) is 0. The van der Waals surface area contributed by atoms with Crippen molar-refractivity contribution in [3.8, 4) is 0 Å². The van der Waals surface area contributed by atoms with Gasteiger partial charge >= 0.3 is 6.61 Å². The average molecular weight is 225 g/mol. The lowest BCUT2D eigenvalue weighted by Gasteiger charge is -2.29. The fourth-order valence-electron chi connectivity index (χ4n) is 1.85. The summed E-state index contributed by atoms with van der Waals surface area (Å²) in [6.07, 6.45) is 2.94. The molecule has 1 aliphatic carbocycles. The first-order valence-electron chi connectivity index (χ1n) is 4.95. The minimum atomic E-state index is -2.63. The minimum absolute atomic E-state index is 0.160. The van der Waals surface area contributed by atoms with Gasteiger partial charge in [0.1, 0.15) is 0 Å². The molecule has 0 spiro atoms. The van der Waals surface area contributed by atoms with Crippen LogP contribution in [-0.4, -0.2) is 24.1 Å². The second-order valence-electron chi connectivity index (χ2n) is 3.71. The highest BCUT2D eigenvalue weighted by Gasteiger charge is 2.23. The highest BCUT2D eigenvalue weighted by molar-refractivity contribution is 7.80. The zero-order valence-electron chi connectivity index (χ0n) is 8.25. The molecule has 0 aliphatic heterocycles. The van der Waals surface area contributed by atoms with Gasteiger partial charge in [-0.1, -0.05) is 0 Å².